The van der Waals surface area contributed by atoms with Crippen molar-refractivity contribution in [3.05, 3.63) is 48.0 Å². The van der Waals surface area contributed by atoms with E-state index in [0.29, 0.717) is 23.0 Å². The molecule has 1 aromatic heterocycles. The van der Waals surface area contributed by atoms with Crippen LogP contribution in [-0.4, -0.2) is 59.0 Å². The number of aromatic hydroxyl groups is 1. The largest absolute Gasteiger partial charge is 0.508 e. The predicted octanol–water partition coefficient (Wildman–Crippen LogP) is 2.44. The molecule has 0 saturated heterocycles. The second kappa shape index (κ2) is 11.2. The molecule has 0 aliphatic heterocycles. The summed E-state index contributed by atoms with van der Waals surface area (Å²) in [5.41, 5.74) is 5.77. The molecule has 0 unspecified atom stereocenters. The summed E-state index contributed by atoms with van der Waals surface area (Å²) in [4.78, 5) is 26.2. The Labute approximate surface area is 197 Å². The number of ether oxygens (including phenoxy) is 1. The first kappa shape index (κ1) is 24.6. The first-order chi connectivity index (χ1) is 16.3. The topological polar surface area (TPSA) is 178 Å². The van der Waals surface area contributed by atoms with Gasteiger partial charge in [-0.15, -0.1) is 10.3 Å². The fraction of sp³-hybridized carbons (Fsp3) is 0.211. The van der Waals surface area contributed by atoms with Crippen molar-refractivity contribution in [2.45, 2.75) is 25.2 Å². The second-order valence-electron chi connectivity index (χ2n) is 6.77. The third-order valence-corrected chi connectivity index (χ3v) is 5.31. The van der Waals surface area contributed by atoms with Crippen LogP contribution in [0.4, 0.5) is 21.0 Å². The Hall–Kier alpha value is -4.08. The number of hydrogen-bond acceptors (Lipinski definition) is 12. The summed E-state index contributed by atoms with van der Waals surface area (Å²) in [7, 11) is 1.52. The lowest BCUT2D eigenvalue weighted by Crippen LogP contribution is -2.32. The minimum atomic E-state index is -0.864. The maximum absolute atomic E-state index is 12.6. The number of hydrogen-bond donors (Lipinski definition) is 5. The number of tetrazole rings is 1. The van der Waals surface area contributed by atoms with Crippen LogP contribution in [0.25, 0.3) is 0 Å². The third kappa shape index (κ3) is 6.47. The predicted molar refractivity (Wildman–Crippen MR) is 120 cm³/mol. The molecule has 0 saturated carbocycles. The molecule has 2 aromatic carbocycles. The number of carbonyl (C=O) groups excluding carboxylic acids is 2. The zero-order chi connectivity index (χ0) is 24.7. The molecule has 34 heavy (non-hydrogen) atoms. The highest BCUT2D eigenvalue weighted by atomic mass is 32.2. The van der Waals surface area contributed by atoms with Crippen LogP contribution in [0.1, 0.15) is 12.5 Å². The number of amides is 2. The van der Waals surface area contributed by atoms with Crippen molar-refractivity contribution in [1.29, 1.82) is 0 Å². The Kier molecular flexibility index (Phi) is 8.07. The minimum Gasteiger partial charge on any atom is -0.508 e. The van der Waals surface area contributed by atoms with Crippen LogP contribution in [0.3, 0.4) is 0 Å². The molecule has 180 valence electrons. The molecule has 15 heteroatoms. The number of phenolic OH excluding ortho intramolecular Hbond substituents is 1. The Morgan fingerprint density at radius 2 is 1.91 bits per heavy atom. The molecular weight excluding hydrogens is 468 g/mol. The van der Waals surface area contributed by atoms with Gasteiger partial charge in [-0.25, -0.2) is 14.9 Å². The fourth-order valence-corrected chi connectivity index (χ4v) is 3.38. The SMILES string of the molecule is CCn1nnnc1SC(=O)N(C)Cc1cc(N(O)O)ccc1OC(=O)NNc1ccc(O)cc1. The Bertz CT molecular complexity index is 1140. The Balaban J connectivity index is 1.69. The van der Waals surface area contributed by atoms with Crippen molar-refractivity contribution in [1.82, 2.24) is 30.5 Å². The van der Waals surface area contributed by atoms with Crippen LogP contribution in [0.15, 0.2) is 47.6 Å². The lowest BCUT2D eigenvalue weighted by molar-refractivity contribution is 0.0291. The summed E-state index contributed by atoms with van der Waals surface area (Å²) in [5, 5.41) is 39.0. The zero-order valence-corrected chi connectivity index (χ0v) is 18.9. The van der Waals surface area contributed by atoms with Gasteiger partial charge in [-0.1, -0.05) is 0 Å². The van der Waals surface area contributed by atoms with E-state index in [-0.39, 0.29) is 34.2 Å². The number of nitrogens with one attached hydrogen (secondary N) is 2. The van der Waals surface area contributed by atoms with Crippen molar-refractivity contribution in [2.24, 2.45) is 0 Å². The minimum absolute atomic E-state index is 0.00611. The summed E-state index contributed by atoms with van der Waals surface area (Å²) in [6, 6.07) is 9.97. The van der Waals surface area contributed by atoms with E-state index in [2.05, 4.69) is 26.4 Å². The van der Waals surface area contributed by atoms with Crippen LogP contribution >= 0.6 is 11.8 Å². The van der Waals surface area contributed by atoms with Crippen LogP contribution in [0.2, 0.25) is 0 Å². The maximum Gasteiger partial charge on any atom is 0.431 e. The number of rotatable bonds is 8. The van der Waals surface area contributed by atoms with Gasteiger partial charge in [-0.05, 0) is 59.8 Å². The summed E-state index contributed by atoms with van der Waals surface area (Å²) < 4.78 is 6.79. The van der Waals surface area contributed by atoms with Crippen molar-refractivity contribution < 1.29 is 29.8 Å². The van der Waals surface area contributed by atoms with Gasteiger partial charge >= 0.3 is 6.09 Å². The van der Waals surface area contributed by atoms with E-state index in [1.54, 1.807) is 12.1 Å². The van der Waals surface area contributed by atoms with E-state index in [0.717, 1.165) is 11.8 Å². The molecule has 0 aliphatic carbocycles. The Morgan fingerprint density at radius 1 is 1.18 bits per heavy atom. The highest BCUT2D eigenvalue weighted by Crippen LogP contribution is 2.27. The van der Waals surface area contributed by atoms with Crippen LogP contribution < -0.4 is 20.8 Å². The van der Waals surface area contributed by atoms with Gasteiger partial charge in [0.15, 0.2) is 0 Å². The highest BCUT2D eigenvalue weighted by molar-refractivity contribution is 8.13. The smallest absolute Gasteiger partial charge is 0.431 e. The third-order valence-electron chi connectivity index (χ3n) is 4.35. The summed E-state index contributed by atoms with van der Waals surface area (Å²) in [6.07, 6.45) is -0.864. The van der Waals surface area contributed by atoms with Gasteiger partial charge < -0.3 is 14.7 Å². The quantitative estimate of drug-likeness (QED) is 0.177. The van der Waals surface area contributed by atoms with E-state index in [9.17, 15) is 25.1 Å². The first-order valence-electron chi connectivity index (χ1n) is 9.79. The highest BCUT2D eigenvalue weighted by Gasteiger charge is 2.19. The molecule has 1 heterocycles. The Morgan fingerprint density at radius 3 is 2.59 bits per heavy atom. The number of anilines is 2. The van der Waals surface area contributed by atoms with Crippen molar-refractivity contribution in [2.75, 3.05) is 17.7 Å². The number of nitrogens with zero attached hydrogens (tertiary/aromatic N) is 6. The number of hydrazine groups is 1. The number of carbonyl (C=O) groups is 2. The molecule has 0 radical (unpaired) electrons. The number of thioether (sulfide) groups is 1. The first-order valence-corrected chi connectivity index (χ1v) is 10.6. The molecule has 2 amide bonds. The normalized spacial score (nSPS) is 10.5. The van der Waals surface area contributed by atoms with Gasteiger partial charge in [-0.2, -0.15) is 0 Å². The standard InChI is InChI=1S/C19H22N8O6S/c1-3-26-17(21-23-24-26)34-19(30)25(2)11-12-10-14(27(31)32)6-9-16(12)33-18(29)22-20-13-4-7-15(28)8-5-13/h4-10,20,28,31-32H,3,11H2,1-2H3,(H,22,29). The van der Waals surface area contributed by atoms with Crippen LogP contribution in [-0.2, 0) is 13.1 Å². The molecule has 0 fully saturated rings. The molecule has 0 spiro atoms. The van der Waals surface area contributed by atoms with Crippen LogP contribution in [0, 0.1) is 0 Å². The molecule has 3 rings (SSSR count). The van der Waals surface area contributed by atoms with Gasteiger partial charge in [0, 0.05) is 37.5 Å². The number of aryl methyl sites for hydroxylation is 1. The lowest BCUT2D eigenvalue weighted by atomic mass is 10.1. The van der Waals surface area contributed by atoms with E-state index < -0.39 is 6.09 Å². The van der Waals surface area contributed by atoms with Gasteiger partial charge in [0.25, 0.3) is 5.24 Å². The number of phenols is 1. The fourth-order valence-electron chi connectivity index (χ4n) is 2.65. The summed E-state index contributed by atoms with van der Waals surface area (Å²) in [6.45, 7) is 2.29. The monoisotopic (exact) mass is 490 g/mol. The molecule has 0 aliphatic rings. The van der Waals surface area contributed by atoms with Gasteiger partial charge in [0.2, 0.25) is 5.16 Å². The average Bonchev–Trinajstić information content (AvgIpc) is 3.26. The van der Waals surface area contributed by atoms with E-state index in [4.69, 9.17) is 4.74 Å². The molecule has 0 atom stereocenters. The van der Waals surface area contributed by atoms with E-state index in [1.165, 1.54) is 47.0 Å². The summed E-state index contributed by atoms with van der Waals surface area (Å²) in [5.74, 6) is 0.154. The van der Waals surface area contributed by atoms with Gasteiger partial charge in [0.05, 0.1) is 11.4 Å². The van der Waals surface area contributed by atoms with Crippen molar-refractivity contribution >= 4 is 34.5 Å². The van der Waals surface area contributed by atoms with E-state index in [1.807, 2.05) is 6.92 Å². The van der Waals surface area contributed by atoms with Crippen molar-refractivity contribution in [3.63, 3.8) is 0 Å². The number of aromatic nitrogens is 4. The van der Waals surface area contributed by atoms with Gasteiger partial charge in [-0.3, -0.25) is 20.6 Å². The zero-order valence-electron chi connectivity index (χ0n) is 18.1. The molecular formula is C19H22N8O6S. The molecule has 14 nitrogen and oxygen atoms in total. The average molecular weight is 491 g/mol. The maximum atomic E-state index is 12.6. The molecule has 3 aromatic rings. The van der Waals surface area contributed by atoms with Crippen LogP contribution in [0.5, 0.6) is 11.5 Å². The summed E-state index contributed by atoms with van der Waals surface area (Å²) >= 11 is 0.823. The second-order valence-corrected chi connectivity index (χ2v) is 7.69. The number of benzene rings is 2. The molecule has 5 N–H and O–H groups in total. The van der Waals surface area contributed by atoms with Gasteiger partial charge in [0.1, 0.15) is 11.5 Å². The molecule has 0 bridgehead atoms. The lowest BCUT2D eigenvalue weighted by Gasteiger charge is -2.20. The van der Waals surface area contributed by atoms with Crippen molar-refractivity contribution in [3.8, 4) is 11.5 Å². The van der Waals surface area contributed by atoms with E-state index >= 15 is 0 Å².